The Hall–Kier alpha value is -1.88. The van der Waals surface area contributed by atoms with Crippen molar-refractivity contribution in [2.24, 2.45) is 0 Å². The lowest BCUT2D eigenvalue weighted by Gasteiger charge is -2.07. The van der Waals surface area contributed by atoms with E-state index in [2.05, 4.69) is 0 Å². The summed E-state index contributed by atoms with van der Waals surface area (Å²) in [4.78, 5) is 12.6. The number of rotatable bonds is 4. The molecule has 19 heavy (non-hydrogen) atoms. The van der Waals surface area contributed by atoms with Gasteiger partial charge in [-0.2, -0.15) is 0 Å². The average Bonchev–Trinajstić information content (AvgIpc) is 2.88. The molecular weight excluding hydrogens is 262 g/mol. The number of thioether (sulfide) groups is 1. The van der Waals surface area contributed by atoms with Gasteiger partial charge in [-0.15, -0.1) is 11.8 Å². The van der Waals surface area contributed by atoms with E-state index in [1.807, 2.05) is 25.1 Å². The highest BCUT2D eigenvalue weighted by molar-refractivity contribution is 7.98. The van der Waals surface area contributed by atoms with Gasteiger partial charge >= 0.3 is 5.97 Å². The molecule has 100 valence electrons. The largest absolute Gasteiger partial charge is 0.468 e. The van der Waals surface area contributed by atoms with E-state index in [4.69, 9.17) is 14.9 Å². The number of benzene rings is 1. The third kappa shape index (κ3) is 2.93. The zero-order valence-electron chi connectivity index (χ0n) is 10.8. The molecule has 0 spiro atoms. The fourth-order valence-electron chi connectivity index (χ4n) is 1.68. The van der Waals surface area contributed by atoms with E-state index in [9.17, 15) is 4.79 Å². The molecule has 0 bridgehead atoms. The summed E-state index contributed by atoms with van der Waals surface area (Å²) >= 11 is 1.58. The fourth-order valence-corrected chi connectivity index (χ4v) is 2.69. The van der Waals surface area contributed by atoms with Crippen molar-refractivity contribution >= 4 is 23.4 Å². The van der Waals surface area contributed by atoms with Gasteiger partial charge in [-0.1, -0.05) is 6.07 Å². The van der Waals surface area contributed by atoms with Gasteiger partial charge in [0.2, 0.25) is 0 Å². The number of nitrogens with two attached hydrogens (primary N) is 1. The lowest BCUT2D eigenvalue weighted by molar-refractivity contribution is 0.0598. The smallest absolute Gasteiger partial charge is 0.341 e. The van der Waals surface area contributed by atoms with Gasteiger partial charge in [-0.05, 0) is 30.7 Å². The Bertz CT molecular complexity index is 592. The molecule has 0 radical (unpaired) electrons. The maximum Gasteiger partial charge on any atom is 0.341 e. The number of nitrogen functional groups attached to an aromatic ring is 1. The van der Waals surface area contributed by atoms with Gasteiger partial charge in [0.1, 0.15) is 11.3 Å². The molecule has 1 aromatic heterocycles. The molecule has 1 heterocycles. The molecule has 0 aliphatic rings. The number of anilines is 1. The van der Waals surface area contributed by atoms with Crippen LogP contribution in [0.4, 0.5) is 5.69 Å². The van der Waals surface area contributed by atoms with Gasteiger partial charge in [0.25, 0.3) is 0 Å². The van der Waals surface area contributed by atoms with Gasteiger partial charge in [0, 0.05) is 10.6 Å². The minimum atomic E-state index is -0.381. The zero-order chi connectivity index (χ0) is 13.8. The molecule has 0 amide bonds. The summed E-state index contributed by atoms with van der Waals surface area (Å²) in [5.74, 6) is 0.786. The van der Waals surface area contributed by atoms with Crippen LogP contribution in [0.15, 0.2) is 39.8 Å². The van der Waals surface area contributed by atoms with E-state index < -0.39 is 0 Å². The first-order valence-corrected chi connectivity index (χ1v) is 6.74. The quantitative estimate of drug-likeness (QED) is 0.528. The van der Waals surface area contributed by atoms with Crippen LogP contribution in [0.1, 0.15) is 21.7 Å². The molecule has 0 unspecified atom stereocenters. The molecule has 2 N–H and O–H groups in total. The van der Waals surface area contributed by atoms with E-state index in [0.29, 0.717) is 17.1 Å². The molecule has 1 aromatic carbocycles. The number of hydrogen-bond donors (Lipinski definition) is 1. The highest BCUT2D eigenvalue weighted by Gasteiger charge is 2.15. The van der Waals surface area contributed by atoms with Crippen molar-refractivity contribution in [3.05, 3.63) is 47.4 Å². The second-order valence-corrected chi connectivity index (χ2v) is 5.03. The molecule has 0 saturated heterocycles. The minimum absolute atomic E-state index is 0.381. The highest BCUT2D eigenvalue weighted by atomic mass is 32.2. The number of ether oxygens (including phenoxy) is 1. The topological polar surface area (TPSA) is 65.5 Å². The first kappa shape index (κ1) is 13.5. The first-order chi connectivity index (χ1) is 9.13. The van der Waals surface area contributed by atoms with E-state index in [1.54, 1.807) is 17.8 Å². The maximum atomic E-state index is 11.5. The van der Waals surface area contributed by atoms with Crippen molar-refractivity contribution in [1.29, 1.82) is 0 Å². The molecule has 2 aromatic rings. The van der Waals surface area contributed by atoms with Gasteiger partial charge in [-0.25, -0.2) is 4.79 Å². The Labute approximate surface area is 115 Å². The van der Waals surface area contributed by atoms with E-state index in [0.717, 1.165) is 16.1 Å². The second kappa shape index (κ2) is 5.84. The summed E-state index contributed by atoms with van der Waals surface area (Å²) in [7, 11) is 1.36. The van der Waals surface area contributed by atoms with Gasteiger partial charge in [0.15, 0.2) is 0 Å². The fraction of sp³-hybridized carbons (Fsp3) is 0.214. The number of furan rings is 1. The van der Waals surface area contributed by atoms with E-state index >= 15 is 0 Å². The average molecular weight is 277 g/mol. The van der Waals surface area contributed by atoms with Gasteiger partial charge in [0.05, 0.1) is 19.1 Å². The Morgan fingerprint density at radius 3 is 2.95 bits per heavy atom. The summed E-state index contributed by atoms with van der Waals surface area (Å²) in [6.45, 7) is 1.97. The lowest BCUT2D eigenvalue weighted by atomic mass is 10.2. The summed E-state index contributed by atoms with van der Waals surface area (Å²) in [5, 5.41) is 0. The molecular formula is C14H15NO3S. The number of carbonyl (C=O) groups excluding carboxylic acids is 1. The number of carbonyl (C=O) groups is 1. The lowest BCUT2D eigenvalue weighted by Crippen LogP contribution is -2.02. The minimum Gasteiger partial charge on any atom is -0.468 e. The maximum absolute atomic E-state index is 11.5. The van der Waals surface area contributed by atoms with Crippen molar-refractivity contribution in [3.63, 3.8) is 0 Å². The van der Waals surface area contributed by atoms with Crippen LogP contribution < -0.4 is 5.73 Å². The summed E-state index contributed by atoms with van der Waals surface area (Å²) in [6, 6.07) is 7.39. The molecule has 5 heteroatoms. The van der Waals surface area contributed by atoms with E-state index in [-0.39, 0.29) is 5.97 Å². The van der Waals surface area contributed by atoms with Crippen molar-refractivity contribution in [3.8, 4) is 0 Å². The predicted molar refractivity (Wildman–Crippen MR) is 75.2 cm³/mol. The van der Waals surface area contributed by atoms with Gasteiger partial charge in [-0.3, -0.25) is 0 Å². The summed E-state index contributed by atoms with van der Waals surface area (Å²) < 4.78 is 10.0. The number of esters is 1. The molecule has 2 rings (SSSR count). The summed E-state index contributed by atoms with van der Waals surface area (Å²) in [5.41, 5.74) is 8.13. The Balaban J connectivity index is 2.13. The van der Waals surface area contributed by atoms with Crippen molar-refractivity contribution in [2.75, 3.05) is 12.8 Å². The monoisotopic (exact) mass is 277 g/mol. The van der Waals surface area contributed by atoms with Crippen molar-refractivity contribution in [2.45, 2.75) is 17.6 Å². The molecule has 4 nitrogen and oxygen atoms in total. The predicted octanol–water partition coefficient (Wildman–Crippen LogP) is 3.25. The molecule has 0 saturated carbocycles. The van der Waals surface area contributed by atoms with Gasteiger partial charge < -0.3 is 14.9 Å². The van der Waals surface area contributed by atoms with Crippen LogP contribution in [-0.2, 0) is 10.5 Å². The van der Waals surface area contributed by atoms with Crippen LogP contribution in [0.2, 0.25) is 0 Å². The van der Waals surface area contributed by atoms with Crippen LogP contribution in [0, 0.1) is 6.92 Å². The molecule has 0 atom stereocenters. The second-order valence-electron chi connectivity index (χ2n) is 4.01. The van der Waals surface area contributed by atoms with Crippen LogP contribution >= 0.6 is 11.8 Å². The normalized spacial score (nSPS) is 10.4. The Morgan fingerprint density at radius 1 is 1.42 bits per heavy atom. The summed E-state index contributed by atoms with van der Waals surface area (Å²) in [6.07, 6.45) is 1.49. The third-order valence-electron chi connectivity index (χ3n) is 2.84. The van der Waals surface area contributed by atoms with E-state index in [1.165, 1.54) is 13.4 Å². The zero-order valence-corrected chi connectivity index (χ0v) is 11.6. The van der Waals surface area contributed by atoms with Crippen LogP contribution in [0.25, 0.3) is 0 Å². The van der Waals surface area contributed by atoms with Crippen LogP contribution in [-0.4, -0.2) is 13.1 Å². The SMILES string of the molecule is COC(=O)c1ccoc1CSc1cccc(N)c1C. The highest BCUT2D eigenvalue weighted by Crippen LogP contribution is 2.30. The number of hydrogen-bond acceptors (Lipinski definition) is 5. The van der Waals surface area contributed by atoms with Crippen molar-refractivity contribution < 1.29 is 13.9 Å². The van der Waals surface area contributed by atoms with Crippen LogP contribution in [0.3, 0.4) is 0 Å². The number of methoxy groups -OCH3 is 1. The van der Waals surface area contributed by atoms with Crippen LogP contribution in [0.5, 0.6) is 0 Å². The Kier molecular flexibility index (Phi) is 4.16. The molecule has 0 fully saturated rings. The molecule has 0 aliphatic heterocycles. The first-order valence-electron chi connectivity index (χ1n) is 5.76. The Morgan fingerprint density at radius 2 is 2.21 bits per heavy atom. The van der Waals surface area contributed by atoms with Crippen molar-refractivity contribution in [1.82, 2.24) is 0 Å². The standard InChI is InChI=1S/C14H15NO3S/c1-9-11(15)4-3-5-13(9)19-8-12-10(6-7-18-12)14(16)17-2/h3-7H,8,15H2,1-2H3. The molecule has 0 aliphatic carbocycles. The third-order valence-corrected chi connectivity index (χ3v) is 4.00.